The summed E-state index contributed by atoms with van der Waals surface area (Å²) in [7, 11) is 1.56. The number of hydrogen-bond donors (Lipinski definition) is 1. The Kier molecular flexibility index (Phi) is 7.13. The minimum atomic E-state index is -0.687. The van der Waals surface area contributed by atoms with Crippen LogP contribution in [0.2, 0.25) is 0 Å². The maximum atomic E-state index is 13.0. The van der Waals surface area contributed by atoms with Crippen molar-refractivity contribution in [2.45, 2.75) is 25.8 Å². The summed E-state index contributed by atoms with van der Waals surface area (Å²) in [5.41, 5.74) is 1.23. The van der Waals surface area contributed by atoms with Gasteiger partial charge in [0.1, 0.15) is 23.9 Å². The number of Topliss-reactive ketones (excluding diaryl/α,β-unsaturated/α-hetero) is 1. The lowest BCUT2D eigenvalue weighted by molar-refractivity contribution is -0.139. The fourth-order valence-electron chi connectivity index (χ4n) is 3.62. The fraction of sp³-hybridized carbons (Fsp3) is 0.280. The Balaban J connectivity index is 2.08. The second kappa shape index (κ2) is 9.98. The van der Waals surface area contributed by atoms with Crippen LogP contribution in [0.1, 0.15) is 36.9 Å². The second-order valence-electron chi connectivity index (χ2n) is 7.25. The molecule has 0 bridgehead atoms. The van der Waals surface area contributed by atoms with Gasteiger partial charge in [0.25, 0.3) is 11.7 Å². The number of carbonyl (C=O) groups is 2. The first-order valence-corrected chi connectivity index (χ1v) is 10.3. The first-order valence-electron chi connectivity index (χ1n) is 10.3. The van der Waals surface area contributed by atoms with Crippen LogP contribution in [-0.4, -0.2) is 42.0 Å². The van der Waals surface area contributed by atoms with Gasteiger partial charge in [-0.2, -0.15) is 0 Å². The van der Waals surface area contributed by atoms with Crippen LogP contribution in [-0.2, 0) is 9.59 Å². The van der Waals surface area contributed by atoms with Gasteiger partial charge in [-0.3, -0.25) is 9.59 Å². The average molecular weight is 421 g/mol. The Bertz CT molecular complexity index is 993. The van der Waals surface area contributed by atoms with Gasteiger partial charge in [0, 0.05) is 12.1 Å². The number of nitrogens with zero attached hydrogens (tertiary/aromatic N) is 1. The molecule has 1 heterocycles. The zero-order valence-corrected chi connectivity index (χ0v) is 17.8. The van der Waals surface area contributed by atoms with Crippen LogP contribution in [0.15, 0.2) is 66.8 Å². The number of carbonyl (C=O) groups excluding carboxylic acids is 2. The minimum absolute atomic E-state index is 0.0779. The van der Waals surface area contributed by atoms with Gasteiger partial charge in [-0.15, -0.1) is 0 Å². The predicted molar refractivity (Wildman–Crippen MR) is 119 cm³/mol. The highest BCUT2D eigenvalue weighted by atomic mass is 16.5. The largest absolute Gasteiger partial charge is 0.507 e. The summed E-state index contributed by atoms with van der Waals surface area (Å²) in [6, 6.07) is 13.3. The molecule has 0 aliphatic carbocycles. The molecule has 1 saturated heterocycles. The van der Waals surface area contributed by atoms with E-state index in [1.165, 1.54) is 4.90 Å². The first-order chi connectivity index (χ1) is 15.0. The van der Waals surface area contributed by atoms with Crippen molar-refractivity contribution in [3.05, 3.63) is 77.9 Å². The van der Waals surface area contributed by atoms with Crippen molar-refractivity contribution >= 4 is 17.4 Å². The molecule has 0 radical (unpaired) electrons. The molecular weight excluding hydrogens is 394 g/mol. The standard InChI is InChI=1S/C25H27NO5/c1-4-6-14-26-22(18-8-7-9-20(16-18)30-3)21(24(28)25(26)29)23(27)17-10-12-19(13-11-17)31-15-5-2/h5,7-13,16,22,27H,2,4,6,14-15H2,1,3H3/t22-/m1/s1. The molecule has 2 aromatic rings. The van der Waals surface area contributed by atoms with Gasteiger partial charge in [-0.05, 0) is 48.4 Å². The summed E-state index contributed by atoms with van der Waals surface area (Å²) in [6.07, 6.45) is 3.27. The highest BCUT2D eigenvalue weighted by Gasteiger charge is 2.45. The molecule has 0 unspecified atom stereocenters. The second-order valence-corrected chi connectivity index (χ2v) is 7.25. The minimum Gasteiger partial charge on any atom is -0.507 e. The molecule has 2 aromatic carbocycles. The van der Waals surface area contributed by atoms with E-state index in [4.69, 9.17) is 9.47 Å². The molecule has 1 amide bonds. The Morgan fingerprint density at radius 1 is 1.16 bits per heavy atom. The summed E-state index contributed by atoms with van der Waals surface area (Å²) in [4.78, 5) is 27.3. The molecule has 1 aliphatic rings. The van der Waals surface area contributed by atoms with Gasteiger partial charge in [0.05, 0.1) is 18.7 Å². The molecule has 0 aromatic heterocycles. The van der Waals surface area contributed by atoms with Crippen molar-refractivity contribution in [3.8, 4) is 11.5 Å². The van der Waals surface area contributed by atoms with E-state index in [2.05, 4.69) is 6.58 Å². The molecule has 31 heavy (non-hydrogen) atoms. The Morgan fingerprint density at radius 3 is 2.55 bits per heavy atom. The van der Waals surface area contributed by atoms with Crippen LogP contribution in [0.5, 0.6) is 11.5 Å². The van der Waals surface area contributed by atoms with E-state index in [0.717, 1.165) is 12.8 Å². The van der Waals surface area contributed by atoms with Crippen LogP contribution >= 0.6 is 0 Å². The number of aliphatic hydroxyl groups is 1. The number of likely N-dealkylation sites (tertiary alicyclic amines) is 1. The van der Waals surface area contributed by atoms with Crippen LogP contribution in [0.25, 0.3) is 5.76 Å². The van der Waals surface area contributed by atoms with E-state index in [-0.39, 0.29) is 11.3 Å². The molecular formula is C25H27NO5. The number of methoxy groups -OCH3 is 1. The quantitative estimate of drug-likeness (QED) is 0.280. The van der Waals surface area contributed by atoms with Crippen molar-refractivity contribution in [2.75, 3.05) is 20.3 Å². The molecule has 0 saturated carbocycles. The monoisotopic (exact) mass is 421 g/mol. The predicted octanol–water partition coefficient (Wildman–Crippen LogP) is 4.48. The van der Waals surface area contributed by atoms with Gasteiger partial charge in [0.2, 0.25) is 0 Å². The summed E-state index contributed by atoms with van der Waals surface area (Å²) in [5, 5.41) is 11.1. The van der Waals surface area contributed by atoms with Crippen LogP contribution in [0, 0.1) is 0 Å². The highest BCUT2D eigenvalue weighted by molar-refractivity contribution is 6.46. The number of benzene rings is 2. The third-order valence-electron chi connectivity index (χ3n) is 5.20. The van der Waals surface area contributed by atoms with Gasteiger partial charge in [-0.25, -0.2) is 0 Å². The first kappa shape index (κ1) is 22.2. The third kappa shape index (κ3) is 4.63. The lowest BCUT2D eigenvalue weighted by Gasteiger charge is -2.25. The van der Waals surface area contributed by atoms with E-state index in [1.807, 2.05) is 13.0 Å². The third-order valence-corrected chi connectivity index (χ3v) is 5.20. The number of amides is 1. The molecule has 6 nitrogen and oxygen atoms in total. The SMILES string of the molecule is C=CCOc1ccc(C(O)=C2C(=O)C(=O)N(CCCC)[C@@H]2c2cccc(OC)c2)cc1. The molecule has 1 atom stereocenters. The molecule has 1 fully saturated rings. The van der Waals surface area contributed by atoms with Crippen molar-refractivity contribution in [2.24, 2.45) is 0 Å². The van der Waals surface area contributed by atoms with Crippen molar-refractivity contribution in [3.63, 3.8) is 0 Å². The summed E-state index contributed by atoms with van der Waals surface area (Å²) < 4.78 is 10.8. The summed E-state index contributed by atoms with van der Waals surface area (Å²) in [5.74, 6) is -0.269. The van der Waals surface area contributed by atoms with E-state index in [1.54, 1.807) is 55.7 Å². The summed E-state index contributed by atoms with van der Waals surface area (Å²) >= 11 is 0. The zero-order valence-electron chi connectivity index (χ0n) is 17.8. The van der Waals surface area contributed by atoms with Crippen molar-refractivity contribution in [1.82, 2.24) is 4.90 Å². The molecule has 6 heteroatoms. The molecule has 1 N–H and O–H groups in total. The Labute approximate surface area is 182 Å². The summed E-state index contributed by atoms with van der Waals surface area (Å²) in [6.45, 7) is 6.42. The lowest BCUT2D eigenvalue weighted by atomic mass is 9.95. The van der Waals surface area contributed by atoms with E-state index >= 15 is 0 Å². The number of ether oxygens (including phenoxy) is 2. The van der Waals surface area contributed by atoms with Gasteiger partial charge < -0.3 is 19.5 Å². The molecule has 3 rings (SSSR count). The number of aliphatic hydroxyl groups excluding tert-OH is 1. The number of hydrogen-bond acceptors (Lipinski definition) is 5. The highest BCUT2D eigenvalue weighted by Crippen LogP contribution is 2.40. The fourth-order valence-corrected chi connectivity index (χ4v) is 3.62. The smallest absolute Gasteiger partial charge is 0.295 e. The van der Waals surface area contributed by atoms with E-state index in [9.17, 15) is 14.7 Å². The van der Waals surface area contributed by atoms with Crippen LogP contribution < -0.4 is 9.47 Å². The van der Waals surface area contributed by atoms with Gasteiger partial charge in [0.15, 0.2) is 0 Å². The number of unbranched alkanes of at least 4 members (excludes halogenated alkanes) is 1. The van der Waals surface area contributed by atoms with E-state index < -0.39 is 17.7 Å². The average Bonchev–Trinajstić information content (AvgIpc) is 3.06. The van der Waals surface area contributed by atoms with Crippen molar-refractivity contribution < 1.29 is 24.2 Å². The Hall–Kier alpha value is -3.54. The maximum Gasteiger partial charge on any atom is 0.295 e. The molecule has 0 spiro atoms. The topological polar surface area (TPSA) is 76.1 Å². The van der Waals surface area contributed by atoms with Crippen LogP contribution in [0.3, 0.4) is 0 Å². The van der Waals surface area contributed by atoms with Gasteiger partial charge in [-0.1, -0.05) is 38.1 Å². The zero-order chi connectivity index (χ0) is 22.4. The maximum absolute atomic E-state index is 13.0. The lowest BCUT2D eigenvalue weighted by Crippen LogP contribution is -2.30. The number of rotatable bonds is 9. The number of ketones is 1. The van der Waals surface area contributed by atoms with E-state index in [0.29, 0.717) is 35.8 Å². The van der Waals surface area contributed by atoms with Gasteiger partial charge >= 0.3 is 0 Å². The van der Waals surface area contributed by atoms with Crippen LogP contribution in [0.4, 0.5) is 0 Å². The molecule has 1 aliphatic heterocycles. The van der Waals surface area contributed by atoms with Crippen molar-refractivity contribution in [1.29, 1.82) is 0 Å². The Morgan fingerprint density at radius 2 is 1.90 bits per heavy atom. The molecule has 162 valence electrons. The normalized spacial score (nSPS) is 17.6.